The van der Waals surface area contributed by atoms with Gasteiger partial charge in [-0.25, -0.2) is 9.18 Å². The lowest BCUT2D eigenvalue weighted by Crippen LogP contribution is -2.41. The van der Waals surface area contributed by atoms with E-state index in [1.54, 1.807) is 12.1 Å². The molecule has 4 rings (SSSR count). The highest BCUT2D eigenvalue weighted by molar-refractivity contribution is 5.66. The fourth-order valence-electron chi connectivity index (χ4n) is 4.77. The van der Waals surface area contributed by atoms with E-state index in [1.807, 2.05) is 36.4 Å². The van der Waals surface area contributed by atoms with Gasteiger partial charge in [0.1, 0.15) is 29.7 Å². The molecule has 0 spiro atoms. The molecule has 1 saturated heterocycles. The molecular weight excluding hydrogens is 527 g/mol. The summed E-state index contributed by atoms with van der Waals surface area (Å²) in [5.41, 5.74) is 2.24. The molecule has 0 saturated carbocycles. The number of amides is 1. The van der Waals surface area contributed by atoms with Crippen LogP contribution < -0.4 is 24.8 Å². The lowest BCUT2D eigenvalue weighted by atomic mass is 9.88. The van der Waals surface area contributed by atoms with Gasteiger partial charge in [-0.3, -0.25) is 0 Å². The van der Waals surface area contributed by atoms with Crippen molar-refractivity contribution in [3.8, 4) is 17.2 Å². The molecule has 8 nitrogen and oxygen atoms in total. The quantitative estimate of drug-likeness (QED) is 0.247. The Hall–Kier alpha value is -3.82. The number of halogens is 1. The van der Waals surface area contributed by atoms with Crippen LogP contribution in [-0.4, -0.2) is 65.4 Å². The first-order chi connectivity index (χ1) is 20.1. The smallest absolute Gasteiger partial charge is 0.406 e. The van der Waals surface area contributed by atoms with Crippen molar-refractivity contribution < 1.29 is 32.9 Å². The van der Waals surface area contributed by atoms with Crippen molar-refractivity contribution in [1.82, 2.24) is 10.6 Å². The van der Waals surface area contributed by atoms with Crippen LogP contribution in [-0.2, 0) is 15.9 Å². The lowest BCUT2D eigenvalue weighted by Gasteiger charge is -2.32. The molecule has 2 atom stereocenters. The third-order valence-electron chi connectivity index (χ3n) is 6.85. The van der Waals surface area contributed by atoms with Crippen LogP contribution >= 0.6 is 0 Å². The normalized spacial score (nSPS) is 16.5. The Bertz CT molecular complexity index is 1210. The molecular formula is C32H39FN2O6. The van der Waals surface area contributed by atoms with E-state index >= 15 is 0 Å². The van der Waals surface area contributed by atoms with Gasteiger partial charge in [0.05, 0.1) is 33.0 Å². The molecule has 0 bridgehead atoms. The monoisotopic (exact) mass is 566 g/mol. The molecule has 0 aromatic heterocycles. The van der Waals surface area contributed by atoms with E-state index in [0.29, 0.717) is 51.6 Å². The zero-order valence-corrected chi connectivity index (χ0v) is 23.5. The first-order valence-electron chi connectivity index (χ1n) is 14.1. The summed E-state index contributed by atoms with van der Waals surface area (Å²) in [6.07, 6.45) is 1.92. The molecule has 220 valence electrons. The molecule has 41 heavy (non-hydrogen) atoms. The van der Waals surface area contributed by atoms with Crippen LogP contribution in [0.3, 0.4) is 0 Å². The van der Waals surface area contributed by atoms with Crippen molar-refractivity contribution in [2.24, 2.45) is 0 Å². The minimum atomic E-state index is -0.445. The number of carbonyl (C=O) groups excluding carboxylic acids is 1. The Morgan fingerprint density at radius 3 is 2.54 bits per heavy atom. The predicted octanol–water partition coefficient (Wildman–Crippen LogP) is 5.11. The summed E-state index contributed by atoms with van der Waals surface area (Å²) in [6.45, 7) is 4.06. The number of carbonyl (C=O) groups is 1. The maximum absolute atomic E-state index is 13.2. The second kappa shape index (κ2) is 16.4. The van der Waals surface area contributed by atoms with Crippen molar-refractivity contribution in [2.75, 3.05) is 53.2 Å². The van der Waals surface area contributed by atoms with Crippen LogP contribution in [0.25, 0.3) is 0 Å². The average Bonchev–Trinajstić information content (AvgIpc) is 3.00. The second-order valence-corrected chi connectivity index (χ2v) is 9.71. The van der Waals surface area contributed by atoms with Gasteiger partial charge in [-0.05, 0) is 60.8 Å². The van der Waals surface area contributed by atoms with E-state index in [4.69, 9.17) is 18.9 Å². The zero-order chi connectivity index (χ0) is 28.7. The van der Waals surface area contributed by atoms with Gasteiger partial charge in [-0.1, -0.05) is 36.4 Å². The van der Waals surface area contributed by atoms with Crippen LogP contribution in [0.2, 0.25) is 0 Å². The summed E-state index contributed by atoms with van der Waals surface area (Å²) in [7, 11) is 1.35. The van der Waals surface area contributed by atoms with Gasteiger partial charge >= 0.3 is 6.09 Å². The van der Waals surface area contributed by atoms with Gasteiger partial charge in [0.2, 0.25) is 0 Å². The molecule has 3 aromatic rings. The third kappa shape index (κ3) is 9.95. The minimum absolute atomic E-state index is 0.0404. The Balaban J connectivity index is 1.18. The number of methoxy groups -OCH3 is 1. The fraction of sp³-hybridized carbons (Fsp3) is 0.406. The number of ether oxygens (including phenoxy) is 5. The van der Waals surface area contributed by atoms with Crippen LogP contribution in [0.15, 0.2) is 72.8 Å². The van der Waals surface area contributed by atoms with E-state index in [-0.39, 0.29) is 17.8 Å². The summed E-state index contributed by atoms with van der Waals surface area (Å²) in [6, 6.07) is 22.2. The van der Waals surface area contributed by atoms with Gasteiger partial charge in [0.25, 0.3) is 0 Å². The SMILES string of the molecule is COC(=O)NCCc1ccccc1OCCOC1CNCCC1c1ccc(OCCCOc2cccc(F)c2)cc1. The van der Waals surface area contributed by atoms with Gasteiger partial charge in [0, 0.05) is 31.5 Å². The molecule has 1 aliphatic heterocycles. The second-order valence-electron chi connectivity index (χ2n) is 9.71. The van der Waals surface area contributed by atoms with E-state index in [1.165, 1.54) is 24.8 Å². The lowest BCUT2D eigenvalue weighted by molar-refractivity contribution is 0.00721. The van der Waals surface area contributed by atoms with Crippen molar-refractivity contribution in [3.05, 3.63) is 89.7 Å². The number of nitrogens with one attached hydrogen (secondary N) is 2. The summed E-state index contributed by atoms with van der Waals surface area (Å²) >= 11 is 0. The van der Waals surface area contributed by atoms with Crippen molar-refractivity contribution in [3.63, 3.8) is 0 Å². The number of piperidine rings is 1. The highest BCUT2D eigenvalue weighted by Crippen LogP contribution is 2.29. The standard InChI is InChI=1S/C32H39FN2O6/c1-37-32(36)35-17-14-25-6-2-3-9-30(25)40-20-21-41-31-23-34-16-15-29(31)24-10-12-27(13-11-24)38-18-5-19-39-28-8-4-7-26(33)22-28/h2-4,6-13,22,29,31,34H,5,14-21,23H2,1H3,(H,35,36). The highest BCUT2D eigenvalue weighted by atomic mass is 19.1. The van der Waals surface area contributed by atoms with Crippen molar-refractivity contribution in [2.45, 2.75) is 31.3 Å². The van der Waals surface area contributed by atoms with E-state index in [9.17, 15) is 9.18 Å². The Morgan fingerprint density at radius 1 is 0.927 bits per heavy atom. The summed E-state index contributed by atoms with van der Waals surface area (Å²) in [5.74, 6) is 2.09. The predicted molar refractivity (Wildman–Crippen MR) is 154 cm³/mol. The summed E-state index contributed by atoms with van der Waals surface area (Å²) < 4.78 is 41.6. The molecule has 0 aliphatic carbocycles. The number of para-hydroxylation sites is 1. The van der Waals surface area contributed by atoms with Crippen LogP contribution in [0, 0.1) is 5.82 Å². The third-order valence-corrected chi connectivity index (χ3v) is 6.85. The molecule has 1 fully saturated rings. The number of hydrogen-bond acceptors (Lipinski definition) is 7. The molecule has 9 heteroatoms. The first kappa shape index (κ1) is 30.1. The number of hydrogen-bond donors (Lipinski definition) is 2. The van der Waals surface area contributed by atoms with Crippen LogP contribution in [0.4, 0.5) is 9.18 Å². The molecule has 3 aromatic carbocycles. The Morgan fingerprint density at radius 2 is 1.73 bits per heavy atom. The first-order valence-corrected chi connectivity index (χ1v) is 14.1. The number of rotatable bonds is 15. The van der Waals surface area contributed by atoms with Gasteiger partial charge in [-0.2, -0.15) is 0 Å². The maximum Gasteiger partial charge on any atom is 0.406 e. The number of alkyl carbamates (subject to hydrolysis) is 1. The molecule has 2 unspecified atom stereocenters. The van der Waals surface area contributed by atoms with Gasteiger partial charge in [-0.15, -0.1) is 0 Å². The van der Waals surface area contributed by atoms with Crippen LogP contribution in [0.5, 0.6) is 17.2 Å². The van der Waals surface area contributed by atoms with Gasteiger partial charge < -0.3 is 34.3 Å². The fourth-order valence-corrected chi connectivity index (χ4v) is 4.77. The molecule has 0 radical (unpaired) electrons. The highest BCUT2D eigenvalue weighted by Gasteiger charge is 2.27. The maximum atomic E-state index is 13.2. The molecule has 1 aliphatic rings. The topological polar surface area (TPSA) is 87.3 Å². The van der Waals surface area contributed by atoms with E-state index < -0.39 is 6.09 Å². The van der Waals surface area contributed by atoms with E-state index in [2.05, 4.69) is 27.5 Å². The molecule has 2 N–H and O–H groups in total. The minimum Gasteiger partial charge on any atom is -0.493 e. The van der Waals surface area contributed by atoms with Crippen molar-refractivity contribution >= 4 is 6.09 Å². The molecule has 1 amide bonds. The number of benzene rings is 3. The Labute approximate surface area is 241 Å². The van der Waals surface area contributed by atoms with Crippen LogP contribution in [0.1, 0.15) is 29.9 Å². The summed E-state index contributed by atoms with van der Waals surface area (Å²) in [5, 5.41) is 6.13. The van der Waals surface area contributed by atoms with Gasteiger partial charge in [0.15, 0.2) is 0 Å². The van der Waals surface area contributed by atoms with Crippen molar-refractivity contribution in [1.29, 1.82) is 0 Å². The molecule has 1 heterocycles. The Kier molecular flexibility index (Phi) is 12.1. The largest absolute Gasteiger partial charge is 0.493 e. The summed E-state index contributed by atoms with van der Waals surface area (Å²) in [4.78, 5) is 11.3. The van der Waals surface area contributed by atoms with E-state index in [0.717, 1.165) is 36.6 Å². The zero-order valence-electron chi connectivity index (χ0n) is 23.5. The average molecular weight is 567 g/mol.